The van der Waals surface area contributed by atoms with E-state index < -0.39 is 5.97 Å². The van der Waals surface area contributed by atoms with Gasteiger partial charge in [-0.2, -0.15) is 0 Å². The highest BCUT2D eigenvalue weighted by molar-refractivity contribution is 5.94. The van der Waals surface area contributed by atoms with Gasteiger partial charge in [-0.1, -0.05) is 6.07 Å². The summed E-state index contributed by atoms with van der Waals surface area (Å²) in [4.78, 5) is 15.8. The zero-order chi connectivity index (χ0) is 14.1. The Balaban J connectivity index is 2.21. The van der Waals surface area contributed by atoms with Crippen molar-refractivity contribution in [3.8, 4) is 5.88 Å². The van der Waals surface area contributed by atoms with Crippen molar-refractivity contribution in [2.45, 2.75) is 18.8 Å². The topological polar surface area (TPSA) is 75.9 Å². The Hall–Kier alpha value is -2.08. The van der Waals surface area contributed by atoms with Crippen LogP contribution in [-0.4, -0.2) is 40.7 Å². The fourth-order valence-electron chi connectivity index (χ4n) is 2.80. The van der Waals surface area contributed by atoms with Crippen molar-refractivity contribution in [1.29, 1.82) is 0 Å². The number of hydrogen-bond acceptors (Lipinski definition) is 4. The smallest absolute Gasteiger partial charge is 0.356 e. The molecule has 0 saturated carbocycles. The van der Waals surface area contributed by atoms with E-state index in [2.05, 4.69) is 10.3 Å². The number of hydrogen-bond donors (Lipinski definition) is 2. The van der Waals surface area contributed by atoms with Gasteiger partial charge in [0, 0.05) is 5.92 Å². The number of carboxylic acid groups (broad SMARTS) is 1. The minimum Gasteiger partial charge on any atom is -0.482 e. The van der Waals surface area contributed by atoms with E-state index in [9.17, 15) is 9.90 Å². The highest BCUT2D eigenvalue weighted by atomic mass is 16.5. The molecular weight excluding hydrogens is 258 g/mol. The fourth-order valence-corrected chi connectivity index (χ4v) is 2.80. The third kappa shape index (κ3) is 2.02. The number of nitrogens with zero attached hydrogens (tertiary/aromatic N) is 2. The van der Waals surface area contributed by atoms with Gasteiger partial charge in [-0.05, 0) is 38.1 Å². The molecule has 6 heteroatoms. The van der Waals surface area contributed by atoms with Crippen molar-refractivity contribution in [1.82, 2.24) is 14.7 Å². The second kappa shape index (κ2) is 5.13. The molecule has 1 saturated heterocycles. The Morgan fingerprint density at radius 2 is 2.20 bits per heavy atom. The number of imidazole rings is 1. The van der Waals surface area contributed by atoms with Gasteiger partial charge in [0.1, 0.15) is 5.82 Å². The van der Waals surface area contributed by atoms with Crippen LogP contribution in [0, 0.1) is 0 Å². The van der Waals surface area contributed by atoms with Gasteiger partial charge in [0.25, 0.3) is 0 Å². The molecule has 0 spiro atoms. The lowest BCUT2D eigenvalue weighted by Crippen LogP contribution is -2.27. The molecule has 3 heterocycles. The lowest BCUT2D eigenvalue weighted by molar-refractivity contribution is 0.0693. The van der Waals surface area contributed by atoms with Gasteiger partial charge < -0.3 is 15.2 Å². The Morgan fingerprint density at radius 1 is 1.45 bits per heavy atom. The molecule has 1 aliphatic rings. The van der Waals surface area contributed by atoms with Gasteiger partial charge in [0.15, 0.2) is 11.6 Å². The van der Waals surface area contributed by atoms with Crippen molar-refractivity contribution >= 4 is 11.5 Å². The van der Waals surface area contributed by atoms with E-state index in [-0.39, 0.29) is 11.6 Å². The number of nitrogens with one attached hydrogen (secondary N) is 1. The molecular formula is C14H17N3O3. The quantitative estimate of drug-likeness (QED) is 0.888. The summed E-state index contributed by atoms with van der Waals surface area (Å²) in [5.74, 6) is 0.663. The van der Waals surface area contributed by atoms with Crippen LogP contribution in [0.1, 0.15) is 35.1 Å². The predicted octanol–water partition coefficient (Wildman–Crippen LogP) is 1.51. The maximum atomic E-state index is 11.4. The first-order valence-electron chi connectivity index (χ1n) is 6.71. The van der Waals surface area contributed by atoms with Gasteiger partial charge >= 0.3 is 5.97 Å². The molecule has 0 unspecified atom stereocenters. The summed E-state index contributed by atoms with van der Waals surface area (Å²) in [6.07, 6.45) is 1.91. The molecule has 3 rings (SSSR count). The average Bonchev–Trinajstić information content (AvgIpc) is 2.88. The van der Waals surface area contributed by atoms with Crippen LogP contribution in [0.25, 0.3) is 5.52 Å². The summed E-state index contributed by atoms with van der Waals surface area (Å²) in [6.45, 7) is 1.86. The molecule has 2 N–H and O–H groups in total. The Labute approximate surface area is 116 Å². The zero-order valence-corrected chi connectivity index (χ0v) is 11.3. The SMILES string of the molecule is COc1cccc2c(C(=O)O)nc(C3CCNCC3)n12. The minimum absolute atomic E-state index is 0.0948. The van der Waals surface area contributed by atoms with Crippen LogP contribution >= 0.6 is 0 Å². The van der Waals surface area contributed by atoms with Crippen molar-refractivity contribution in [2.24, 2.45) is 0 Å². The van der Waals surface area contributed by atoms with Gasteiger partial charge in [0.2, 0.25) is 0 Å². The van der Waals surface area contributed by atoms with E-state index in [1.54, 1.807) is 19.2 Å². The van der Waals surface area contributed by atoms with Gasteiger partial charge in [-0.15, -0.1) is 0 Å². The summed E-state index contributed by atoms with van der Waals surface area (Å²) < 4.78 is 7.20. The highest BCUT2D eigenvalue weighted by Gasteiger charge is 2.25. The number of methoxy groups -OCH3 is 1. The molecule has 0 radical (unpaired) electrons. The summed E-state index contributed by atoms with van der Waals surface area (Å²) in [5, 5.41) is 12.6. The monoisotopic (exact) mass is 275 g/mol. The molecule has 1 aliphatic heterocycles. The Morgan fingerprint density at radius 3 is 2.85 bits per heavy atom. The van der Waals surface area contributed by atoms with Crippen LogP contribution in [0.3, 0.4) is 0 Å². The van der Waals surface area contributed by atoms with Gasteiger partial charge in [-0.25, -0.2) is 9.78 Å². The predicted molar refractivity (Wildman–Crippen MR) is 73.5 cm³/mol. The molecule has 0 atom stereocenters. The van der Waals surface area contributed by atoms with Gasteiger partial charge in [0.05, 0.1) is 12.6 Å². The number of ether oxygens (including phenoxy) is 1. The van der Waals surface area contributed by atoms with Crippen LogP contribution in [0.2, 0.25) is 0 Å². The van der Waals surface area contributed by atoms with Crippen molar-refractivity contribution in [3.05, 3.63) is 29.7 Å². The van der Waals surface area contributed by atoms with Crippen molar-refractivity contribution in [3.63, 3.8) is 0 Å². The molecule has 0 amide bonds. The summed E-state index contributed by atoms with van der Waals surface area (Å²) >= 11 is 0. The van der Waals surface area contributed by atoms with Crippen LogP contribution in [0.5, 0.6) is 5.88 Å². The highest BCUT2D eigenvalue weighted by Crippen LogP contribution is 2.30. The lowest BCUT2D eigenvalue weighted by Gasteiger charge is -2.22. The number of piperidine rings is 1. The number of pyridine rings is 1. The second-order valence-electron chi connectivity index (χ2n) is 4.94. The number of carbonyl (C=O) groups is 1. The Kier molecular flexibility index (Phi) is 3.31. The van der Waals surface area contributed by atoms with E-state index in [0.29, 0.717) is 11.4 Å². The number of aromatic nitrogens is 2. The molecule has 6 nitrogen and oxygen atoms in total. The van der Waals surface area contributed by atoms with Crippen LogP contribution in [0.15, 0.2) is 18.2 Å². The normalized spacial score (nSPS) is 16.4. The molecule has 2 aromatic heterocycles. The van der Waals surface area contributed by atoms with E-state index >= 15 is 0 Å². The zero-order valence-electron chi connectivity index (χ0n) is 11.3. The van der Waals surface area contributed by atoms with Crippen molar-refractivity contribution in [2.75, 3.05) is 20.2 Å². The summed E-state index contributed by atoms with van der Waals surface area (Å²) in [5.41, 5.74) is 0.683. The first-order chi connectivity index (χ1) is 9.72. The number of rotatable bonds is 3. The number of aromatic carboxylic acids is 1. The van der Waals surface area contributed by atoms with E-state index in [1.165, 1.54) is 0 Å². The fraction of sp³-hybridized carbons (Fsp3) is 0.429. The number of fused-ring (bicyclic) bond motifs is 1. The molecule has 106 valence electrons. The minimum atomic E-state index is -1.00. The third-order valence-electron chi connectivity index (χ3n) is 3.77. The first kappa shape index (κ1) is 12.9. The maximum Gasteiger partial charge on any atom is 0.356 e. The number of carboxylic acids is 1. The van der Waals surface area contributed by atoms with E-state index in [1.807, 2.05) is 10.5 Å². The maximum absolute atomic E-state index is 11.4. The molecule has 0 aromatic carbocycles. The van der Waals surface area contributed by atoms with Crippen LogP contribution < -0.4 is 10.1 Å². The molecule has 1 fully saturated rings. The molecule has 2 aromatic rings. The first-order valence-corrected chi connectivity index (χ1v) is 6.71. The van der Waals surface area contributed by atoms with Crippen molar-refractivity contribution < 1.29 is 14.6 Å². The molecule has 0 bridgehead atoms. The van der Waals surface area contributed by atoms with Crippen LogP contribution in [0.4, 0.5) is 0 Å². The lowest BCUT2D eigenvalue weighted by atomic mass is 9.97. The molecule has 0 aliphatic carbocycles. The Bertz CT molecular complexity index is 644. The van der Waals surface area contributed by atoms with E-state index in [4.69, 9.17) is 4.74 Å². The van der Waals surface area contributed by atoms with Crippen LogP contribution in [-0.2, 0) is 0 Å². The third-order valence-corrected chi connectivity index (χ3v) is 3.77. The van der Waals surface area contributed by atoms with E-state index in [0.717, 1.165) is 31.8 Å². The van der Waals surface area contributed by atoms with Gasteiger partial charge in [-0.3, -0.25) is 4.40 Å². The summed E-state index contributed by atoms with van der Waals surface area (Å²) in [6, 6.07) is 5.38. The average molecular weight is 275 g/mol. The molecule has 20 heavy (non-hydrogen) atoms. The largest absolute Gasteiger partial charge is 0.482 e. The standard InChI is InChI=1S/C14H17N3O3/c1-20-11-4-2-3-10-12(14(18)19)16-13(17(10)11)9-5-7-15-8-6-9/h2-4,9,15H,5-8H2,1H3,(H,18,19). The summed E-state index contributed by atoms with van der Waals surface area (Å²) in [7, 11) is 1.58. The second-order valence-corrected chi connectivity index (χ2v) is 4.94.